The van der Waals surface area contributed by atoms with Crippen molar-refractivity contribution < 1.29 is 14.3 Å². The van der Waals surface area contributed by atoms with E-state index in [-0.39, 0.29) is 12.5 Å². The smallest absolute Gasteiger partial charge is 0.407 e. The van der Waals surface area contributed by atoms with Gasteiger partial charge in [0.1, 0.15) is 6.33 Å². The fourth-order valence-electron chi connectivity index (χ4n) is 0.681. The van der Waals surface area contributed by atoms with Crippen LogP contribution in [0.1, 0.15) is 4.79 Å². The van der Waals surface area contributed by atoms with Gasteiger partial charge in [0.05, 0.1) is 0 Å². The second kappa shape index (κ2) is 4.24. The van der Waals surface area contributed by atoms with E-state index in [1.54, 1.807) is 0 Å². The molecule has 0 bridgehead atoms. The number of aromatic nitrogens is 2. The quantitative estimate of drug-likeness (QED) is 0.693. The third-order valence-electron chi connectivity index (χ3n) is 1.32. The molecule has 0 radical (unpaired) electrons. The SMILES string of the molecule is CNC(=O)OCC(=O)n1ccnc1. The molecule has 0 spiro atoms. The Kier molecular flexibility index (Phi) is 3.02. The van der Waals surface area contributed by atoms with Crippen LogP contribution in [-0.2, 0) is 4.74 Å². The van der Waals surface area contributed by atoms with Gasteiger partial charge in [-0.3, -0.25) is 9.36 Å². The molecular formula is C7H9N3O3. The third kappa shape index (κ3) is 2.58. The molecule has 1 aromatic heterocycles. The molecule has 0 aliphatic heterocycles. The Labute approximate surface area is 74.5 Å². The first-order valence-electron chi connectivity index (χ1n) is 3.59. The summed E-state index contributed by atoms with van der Waals surface area (Å²) < 4.78 is 5.77. The molecule has 70 valence electrons. The standard InChI is InChI=1S/C7H9N3O3/c1-8-7(12)13-4-6(11)10-3-2-9-5-10/h2-3,5H,4H2,1H3,(H,8,12). The van der Waals surface area contributed by atoms with Crippen molar-refractivity contribution in [3.63, 3.8) is 0 Å². The molecule has 1 N–H and O–H groups in total. The highest BCUT2D eigenvalue weighted by molar-refractivity contribution is 5.82. The maximum absolute atomic E-state index is 11.1. The monoisotopic (exact) mass is 183 g/mol. The number of hydrogen-bond donors (Lipinski definition) is 1. The zero-order chi connectivity index (χ0) is 9.68. The topological polar surface area (TPSA) is 73.2 Å². The largest absolute Gasteiger partial charge is 0.439 e. The molecule has 1 amide bonds. The molecule has 0 saturated carbocycles. The van der Waals surface area contributed by atoms with Crippen LogP contribution in [0.5, 0.6) is 0 Å². The highest BCUT2D eigenvalue weighted by Gasteiger charge is 2.06. The number of imidazole rings is 1. The van der Waals surface area contributed by atoms with E-state index in [9.17, 15) is 9.59 Å². The minimum Gasteiger partial charge on any atom is -0.439 e. The van der Waals surface area contributed by atoms with E-state index in [1.165, 1.54) is 30.3 Å². The molecule has 13 heavy (non-hydrogen) atoms. The molecular weight excluding hydrogens is 174 g/mol. The fourth-order valence-corrected chi connectivity index (χ4v) is 0.681. The van der Waals surface area contributed by atoms with Crippen molar-refractivity contribution in [2.45, 2.75) is 0 Å². The van der Waals surface area contributed by atoms with Crippen molar-refractivity contribution in [3.05, 3.63) is 18.7 Å². The Morgan fingerprint density at radius 1 is 1.62 bits per heavy atom. The van der Waals surface area contributed by atoms with Crippen molar-refractivity contribution in [2.24, 2.45) is 0 Å². The van der Waals surface area contributed by atoms with Crippen LogP contribution in [0.4, 0.5) is 4.79 Å². The molecule has 0 atom stereocenters. The number of nitrogens with zero attached hydrogens (tertiary/aromatic N) is 2. The molecule has 0 unspecified atom stereocenters. The normalized spacial score (nSPS) is 9.31. The summed E-state index contributed by atoms with van der Waals surface area (Å²) in [6.45, 7) is -0.296. The van der Waals surface area contributed by atoms with Gasteiger partial charge >= 0.3 is 6.09 Å². The first-order chi connectivity index (χ1) is 6.24. The molecule has 0 aromatic carbocycles. The number of rotatable bonds is 2. The number of amides is 1. The molecule has 1 heterocycles. The van der Waals surface area contributed by atoms with Crippen LogP contribution < -0.4 is 5.32 Å². The summed E-state index contributed by atoms with van der Waals surface area (Å²) in [6, 6.07) is 0. The first kappa shape index (κ1) is 9.24. The van der Waals surface area contributed by atoms with Crippen LogP contribution in [-0.4, -0.2) is 35.2 Å². The average molecular weight is 183 g/mol. The summed E-state index contributed by atoms with van der Waals surface area (Å²) in [5.74, 6) is -0.346. The van der Waals surface area contributed by atoms with Gasteiger partial charge < -0.3 is 10.1 Å². The van der Waals surface area contributed by atoms with Crippen LogP contribution in [0.25, 0.3) is 0 Å². The van der Waals surface area contributed by atoms with Crippen LogP contribution in [0.2, 0.25) is 0 Å². The zero-order valence-electron chi connectivity index (χ0n) is 7.06. The molecule has 6 nitrogen and oxygen atoms in total. The van der Waals surface area contributed by atoms with E-state index in [1.807, 2.05) is 0 Å². The second-order valence-electron chi connectivity index (χ2n) is 2.19. The van der Waals surface area contributed by atoms with E-state index in [0.29, 0.717) is 0 Å². The Balaban J connectivity index is 2.39. The van der Waals surface area contributed by atoms with E-state index < -0.39 is 6.09 Å². The number of nitrogens with one attached hydrogen (secondary N) is 1. The third-order valence-corrected chi connectivity index (χ3v) is 1.32. The number of hydrogen-bond acceptors (Lipinski definition) is 4. The zero-order valence-corrected chi connectivity index (χ0v) is 7.06. The Morgan fingerprint density at radius 3 is 2.92 bits per heavy atom. The minimum absolute atomic E-state index is 0.296. The van der Waals surface area contributed by atoms with Gasteiger partial charge in [-0.15, -0.1) is 0 Å². The van der Waals surface area contributed by atoms with E-state index in [4.69, 9.17) is 0 Å². The predicted molar refractivity (Wildman–Crippen MR) is 43.3 cm³/mol. The van der Waals surface area contributed by atoms with Gasteiger partial charge in [-0.1, -0.05) is 0 Å². The maximum Gasteiger partial charge on any atom is 0.407 e. The second-order valence-corrected chi connectivity index (χ2v) is 2.19. The van der Waals surface area contributed by atoms with Gasteiger partial charge in [0, 0.05) is 19.4 Å². The van der Waals surface area contributed by atoms with Crippen molar-refractivity contribution in [1.82, 2.24) is 14.9 Å². The lowest BCUT2D eigenvalue weighted by molar-refractivity contribution is 0.0765. The Morgan fingerprint density at radius 2 is 2.38 bits per heavy atom. The van der Waals surface area contributed by atoms with Gasteiger partial charge in [0.2, 0.25) is 0 Å². The van der Waals surface area contributed by atoms with Crippen LogP contribution in [0, 0.1) is 0 Å². The number of carbonyl (C=O) groups excluding carboxylic acids is 2. The number of alkyl carbamates (subject to hydrolysis) is 1. The summed E-state index contributed by atoms with van der Waals surface area (Å²) in [6.07, 6.45) is 3.66. The summed E-state index contributed by atoms with van der Waals surface area (Å²) in [7, 11) is 1.42. The lowest BCUT2D eigenvalue weighted by Gasteiger charge is -2.02. The molecule has 1 rings (SSSR count). The maximum atomic E-state index is 11.1. The first-order valence-corrected chi connectivity index (χ1v) is 3.59. The molecule has 6 heteroatoms. The highest BCUT2D eigenvalue weighted by atomic mass is 16.6. The number of carbonyl (C=O) groups is 2. The van der Waals surface area contributed by atoms with Crippen molar-refractivity contribution in [2.75, 3.05) is 13.7 Å². The molecule has 0 aliphatic carbocycles. The number of ether oxygens (including phenoxy) is 1. The lowest BCUT2D eigenvalue weighted by Crippen LogP contribution is -2.24. The molecule has 0 saturated heterocycles. The molecule has 0 aliphatic rings. The van der Waals surface area contributed by atoms with Crippen LogP contribution in [0.3, 0.4) is 0 Å². The lowest BCUT2D eigenvalue weighted by atomic mass is 10.6. The van der Waals surface area contributed by atoms with Gasteiger partial charge in [-0.05, 0) is 0 Å². The van der Waals surface area contributed by atoms with Gasteiger partial charge in [0.25, 0.3) is 5.91 Å². The predicted octanol–water partition coefficient (Wildman–Crippen LogP) is -0.121. The van der Waals surface area contributed by atoms with Crippen molar-refractivity contribution >= 4 is 12.0 Å². The van der Waals surface area contributed by atoms with Crippen molar-refractivity contribution in [3.8, 4) is 0 Å². The fraction of sp³-hybridized carbons (Fsp3) is 0.286. The Hall–Kier alpha value is -1.85. The molecule has 0 fully saturated rings. The summed E-state index contributed by atoms with van der Waals surface area (Å²) in [5.41, 5.74) is 0. The van der Waals surface area contributed by atoms with Gasteiger partial charge in [-0.2, -0.15) is 0 Å². The summed E-state index contributed by atoms with van der Waals surface area (Å²) in [5, 5.41) is 2.23. The van der Waals surface area contributed by atoms with Gasteiger partial charge in [-0.25, -0.2) is 9.78 Å². The van der Waals surface area contributed by atoms with Crippen LogP contribution >= 0.6 is 0 Å². The van der Waals surface area contributed by atoms with E-state index in [2.05, 4.69) is 15.0 Å². The van der Waals surface area contributed by atoms with Gasteiger partial charge in [0.15, 0.2) is 6.61 Å². The Bertz CT molecular complexity index is 294. The van der Waals surface area contributed by atoms with Crippen LogP contribution in [0.15, 0.2) is 18.7 Å². The van der Waals surface area contributed by atoms with E-state index >= 15 is 0 Å². The molecule has 1 aromatic rings. The van der Waals surface area contributed by atoms with Crippen molar-refractivity contribution in [1.29, 1.82) is 0 Å². The summed E-state index contributed by atoms with van der Waals surface area (Å²) in [4.78, 5) is 25.4. The average Bonchev–Trinajstić information content (AvgIpc) is 2.66. The summed E-state index contributed by atoms with van der Waals surface area (Å²) >= 11 is 0. The highest BCUT2D eigenvalue weighted by Crippen LogP contribution is 1.87. The minimum atomic E-state index is -0.631. The van der Waals surface area contributed by atoms with E-state index in [0.717, 1.165) is 0 Å².